The van der Waals surface area contributed by atoms with Gasteiger partial charge in [-0.3, -0.25) is 0 Å². The average molecular weight is 326 g/mol. The zero-order chi connectivity index (χ0) is 16.8. The van der Waals surface area contributed by atoms with Gasteiger partial charge in [0.15, 0.2) is 0 Å². The molecule has 2 heterocycles. The van der Waals surface area contributed by atoms with Crippen LogP contribution in [0.2, 0.25) is 0 Å². The van der Waals surface area contributed by atoms with Gasteiger partial charge in [-0.15, -0.1) is 0 Å². The number of hydrogen-bond donors (Lipinski definition) is 1. The highest BCUT2D eigenvalue weighted by molar-refractivity contribution is 5.89. The molecule has 1 N–H and O–H groups in total. The highest BCUT2D eigenvalue weighted by Gasteiger charge is 2.19. The predicted molar refractivity (Wildman–Crippen MR) is 91.8 cm³/mol. The van der Waals surface area contributed by atoms with Crippen LogP contribution in [0.1, 0.15) is 28.8 Å². The number of aliphatic hydroxyl groups excluding tert-OH is 1. The fourth-order valence-corrected chi connectivity index (χ4v) is 2.84. The third-order valence-corrected chi connectivity index (χ3v) is 4.39. The van der Waals surface area contributed by atoms with E-state index in [4.69, 9.17) is 4.74 Å². The van der Waals surface area contributed by atoms with Gasteiger partial charge in [0.05, 0.1) is 5.56 Å². The zero-order valence-electron chi connectivity index (χ0n) is 13.6. The number of rotatable bonds is 5. The summed E-state index contributed by atoms with van der Waals surface area (Å²) in [6.45, 7) is 2.29. The van der Waals surface area contributed by atoms with Crippen molar-refractivity contribution >= 4 is 11.8 Å². The van der Waals surface area contributed by atoms with Crippen molar-refractivity contribution in [2.24, 2.45) is 5.92 Å². The Balaban J connectivity index is 1.55. The van der Waals surface area contributed by atoms with Crippen LogP contribution < -0.4 is 4.90 Å². The Bertz CT molecular complexity index is 650. The zero-order valence-corrected chi connectivity index (χ0v) is 13.6. The number of aliphatic hydroxyl groups is 1. The molecule has 0 aliphatic carbocycles. The summed E-state index contributed by atoms with van der Waals surface area (Å²) in [6.07, 6.45) is 3.51. The second kappa shape index (κ2) is 7.93. The van der Waals surface area contributed by atoms with Gasteiger partial charge < -0.3 is 14.7 Å². The van der Waals surface area contributed by atoms with Crippen molar-refractivity contribution in [2.75, 3.05) is 24.6 Å². The number of pyridine rings is 1. The van der Waals surface area contributed by atoms with E-state index < -0.39 is 0 Å². The van der Waals surface area contributed by atoms with Crippen molar-refractivity contribution in [2.45, 2.75) is 19.4 Å². The van der Waals surface area contributed by atoms with Gasteiger partial charge >= 0.3 is 5.97 Å². The van der Waals surface area contributed by atoms with Crippen molar-refractivity contribution in [3.8, 4) is 0 Å². The largest absolute Gasteiger partial charge is 0.457 e. The summed E-state index contributed by atoms with van der Waals surface area (Å²) in [5.74, 6) is 0.899. The summed E-state index contributed by atoms with van der Waals surface area (Å²) in [4.78, 5) is 18.7. The molecule has 0 atom stereocenters. The molecule has 5 nitrogen and oxygen atoms in total. The Morgan fingerprint density at radius 2 is 1.92 bits per heavy atom. The molecule has 0 radical (unpaired) electrons. The van der Waals surface area contributed by atoms with E-state index in [1.807, 2.05) is 36.4 Å². The first-order chi connectivity index (χ1) is 11.8. The van der Waals surface area contributed by atoms with Crippen molar-refractivity contribution < 1.29 is 14.6 Å². The molecule has 0 bridgehead atoms. The van der Waals surface area contributed by atoms with E-state index in [9.17, 15) is 9.90 Å². The van der Waals surface area contributed by atoms with Gasteiger partial charge in [0.25, 0.3) is 0 Å². The summed E-state index contributed by atoms with van der Waals surface area (Å²) >= 11 is 0. The van der Waals surface area contributed by atoms with Crippen LogP contribution in [0.25, 0.3) is 0 Å². The highest BCUT2D eigenvalue weighted by Crippen LogP contribution is 2.21. The number of piperidine rings is 1. The molecule has 1 aliphatic heterocycles. The third-order valence-electron chi connectivity index (χ3n) is 4.39. The molecular weight excluding hydrogens is 304 g/mol. The van der Waals surface area contributed by atoms with E-state index in [1.54, 1.807) is 12.3 Å². The Morgan fingerprint density at radius 3 is 2.54 bits per heavy atom. The molecule has 1 aromatic heterocycles. The van der Waals surface area contributed by atoms with Crippen molar-refractivity contribution in [3.63, 3.8) is 0 Å². The van der Waals surface area contributed by atoms with Crippen LogP contribution in [0.4, 0.5) is 5.82 Å². The maximum Gasteiger partial charge on any atom is 0.340 e. The highest BCUT2D eigenvalue weighted by atomic mass is 16.5. The Labute approximate surface area is 141 Å². The standard InChI is InChI=1S/C19H22N2O3/c22-13-15-8-10-21(11-9-15)18-7-6-17(12-20-18)19(23)24-14-16-4-2-1-3-5-16/h1-7,12,15,22H,8-11,13-14H2. The first-order valence-corrected chi connectivity index (χ1v) is 8.29. The minimum atomic E-state index is -0.364. The summed E-state index contributed by atoms with van der Waals surface area (Å²) in [6, 6.07) is 13.2. The molecule has 0 unspecified atom stereocenters. The number of benzene rings is 1. The van der Waals surface area contributed by atoms with E-state index >= 15 is 0 Å². The lowest BCUT2D eigenvalue weighted by Crippen LogP contribution is -2.35. The van der Waals surface area contributed by atoms with Crippen molar-refractivity contribution in [1.82, 2.24) is 4.98 Å². The molecule has 1 saturated heterocycles. The Hall–Kier alpha value is -2.40. The Morgan fingerprint density at radius 1 is 1.17 bits per heavy atom. The number of ether oxygens (including phenoxy) is 1. The molecule has 3 rings (SSSR count). The van der Waals surface area contributed by atoms with Crippen LogP contribution in [0, 0.1) is 5.92 Å². The van der Waals surface area contributed by atoms with Gasteiger partial charge in [-0.25, -0.2) is 9.78 Å². The molecule has 126 valence electrons. The monoisotopic (exact) mass is 326 g/mol. The van der Waals surface area contributed by atoms with Gasteiger partial charge in [0.1, 0.15) is 12.4 Å². The number of carbonyl (C=O) groups is 1. The topological polar surface area (TPSA) is 62.7 Å². The maximum absolute atomic E-state index is 12.1. The van der Waals surface area contributed by atoms with E-state index in [0.29, 0.717) is 11.5 Å². The lowest BCUT2D eigenvalue weighted by Gasteiger charge is -2.31. The van der Waals surface area contributed by atoms with Crippen LogP contribution in [-0.4, -0.2) is 35.8 Å². The van der Waals surface area contributed by atoms with Crippen LogP contribution in [-0.2, 0) is 11.3 Å². The van der Waals surface area contributed by atoms with E-state index in [0.717, 1.165) is 37.3 Å². The van der Waals surface area contributed by atoms with Crippen LogP contribution in [0.3, 0.4) is 0 Å². The van der Waals surface area contributed by atoms with Crippen LogP contribution in [0.5, 0.6) is 0 Å². The molecule has 1 aromatic carbocycles. The molecule has 1 aliphatic rings. The minimum Gasteiger partial charge on any atom is -0.457 e. The van der Waals surface area contributed by atoms with Crippen molar-refractivity contribution in [3.05, 3.63) is 59.8 Å². The fraction of sp³-hybridized carbons (Fsp3) is 0.368. The third kappa shape index (κ3) is 4.11. The van der Waals surface area contributed by atoms with Gasteiger partial charge in [0.2, 0.25) is 0 Å². The average Bonchev–Trinajstić information content (AvgIpc) is 2.67. The second-order valence-electron chi connectivity index (χ2n) is 6.08. The summed E-state index contributed by atoms with van der Waals surface area (Å²) in [5.41, 5.74) is 1.42. The number of carbonyl (C=O) groups excluding carboxylic acids is 1. The smallest absolute Gasteiger partial charge is 0.340 e. The first-order valence-electron chi connectivity index (χ1n) is 8.29. The molecule has 0 saturated carbocycles. The number of anilines is 1. The van der Waals surface area contributed by atoms with Crippen LogP contribution in [0.15, 0.2) is 48.7 Å². The van der Waals surface area contributed by atoms with E-state index in [-0.39, 0.29) is 19.2 Å². The van der Waals surface area contributed by atoms with E-state index in [2.05, 4.69) is 9.88 Å². The minimum absolute atomic E-state index is 0.257. The SMILES string of the molecule is O=C(OCc1ccccc1)c1ccc(N2CCC(CO)CC2)nc1. The quantitative estimate of drug-likeness (QED) is 0.856. The lowest BCUT2D eigenvalue weighted by molar-refractivity contribution is 0.0472. The number of aromatic nitrogens is 1. The predicted octanol–water partition coefficient (Wildman–Crippen LogP) is 2.65. The number of nitrogens with zero attached hydrogens (tertiary/aromatic N) is 2. The lowest BCUT2D eigenvalue weighted by atomic mass is 9.98. The number of hydrogen-bond acceptors (Lipinski definition) is 5. The second-order valence-corrected chi connectivity index (χ2v) is 6.08. The molecule has 0 amide bonds. The normalized spacial score (nSPS) is 15.3. The summed E-state index contributed by atoms with van der Waals surface area (Å²) in [7, 11) is 0. The summed E-state index contributed by atoms with van der Waals surface area (Å²) in [5, 5.41) is 9.19. The molecule has 2 aromatic rings. The molecule has 5 heteroatoms. The maximum atomic E-state index is 12.1. The first kappa shape index (κ1) is 16.5. The van der Waals surface area contributed by atoms with Gasteiger partial charge in [-0.1, -0.05) is 30.3 Å². The fourth-order valence-electron chi connectivity index (χ4n) is 2.84. The van der Waals surface area contributed by atoms with Crippen molar-refractivity contribution in [1.29, 1.82) is 0 Å². The molecule has 1 fully saturated rings. The van der Waals surface area contributed by atoms with E-state index in [1.165, 1.54) is 0 Å². The van der Waals surface area contributed by atoms with Gasteiger partial charge in [-0.2, -0.15) is 0 Å². The molecule has 24 heavy (non-hydrogen) atoms. The van der Waals surface area contributed by atoms with Crippen LogP contribution >= 0.6 is 0 Å². The molecule has 0 spiro atoms. The summed E-state index contributed by atoms with van der Waals surface area (Å²) < 4.78 is 5.31. The molecular formula is C19H22N2O3. The number of esters is 1. The van der Waals surface area contributed by atoms with Gasteiger partial charge in [-0.05, 0) is 36.5 Å². The van der Waals surface area contributed by atoms with Gasteiger partial charge in [0, 0.05) is 25.9 Å². The Kier molecular flexibility index (Phi) is 5.43.